The van der Waals surface area contributed by atoms with Crippen LogP contribution >= 0.6 is 23.2 Å². The molecule has 2 aromatic rings. The second kappa shape index (κ2) is 8.58. The van der Waals surface area contributed by atoms with Crippen molar-refractivity contribution in [2.24, 2.45) is 0 Å². The van der Waals surface area contributed by atoms with Crippen molar-refractivity contribution in [3.05, 3.63) is 64.1 Å². The zero-order valence-electron chi connectivity index (χ0n) is 14.6. The van der Waals surface area contributed by atoms with Crippen LogP contribution in [0.2, 0.25) is 10.0 Å². The minimum atomic E-state index is -0.205. The molecule has 0 bridgehead atoms. The van der Waals surface area contributed by atoms with Gasteiger partial charge < -0.3 is 15.1 Å². The van der Waals surface area contributed by atoms with E-state index in [-0.39, 0.29) is 5.91 Å². The van der Waals surface area contributed by atoms with Crippen molar-refractivity contribution in [2.75, 3.05) is 43.4 Å². The molecule has 0 spiro atoms. The molecule has 0 radical (unpaired) electrons. The molecule has 3 rings (SSSR count). The fraction of sp³-hybridized carbons (Fsp3) is 0.250. The fourth-order valence-corrected chi connectivity index (χ4v) is 3.28. The number of hydrogen-bond donors (Lipinski definition) is 1. The van der Waals surface area contributed by atoms with Gasteiger partial charge >= 0.3 is 0 Å². The predicted molar refractivity (Wildman–Crippen MR) is 110 cm³/mol. The third-order valence-electron chi connectivity index (χ3n) is 4.38. The molecule has 1 fully saturated rings. The van der Waals surface area contributed by atoms with E-state index in [1.54, 1.807) is 24.3 Å². The Morgan fingerprint density at radius 1 is 1.04 bits per heavy atom. The number of carbonyl (C=O) groups is 1. The Kier molecular flexibility index (Phi) is 6.20. The van der Waals surface area contributed by atoms with Crippen molar-refractivity contribution in [2.45, 2.75) is 0 Å². The van der Waals surface area contributed by atoms with E-state index in [4.69, 9.17) is 23.2 Å². The first kappa shape index (κ1) is 18.8. The van der Waals surface area contributed by atoms with Crippen molar-refractivity contribution < 1.29 is 4.79 Å². The number of carbonyl (C=O) groups excluding carboxylic acids is 1. The van der Waals surface area contributed by atoms with E-state index in [9.17, 15) is 4.79 Å². The minimum Gasteiger partial charge on any atom is -0.369 e. The van der Waals surface area contributed by atoms with Crippen LogP contribution in [0.25, 0.3) is 6.08 Å². The van der Waals surface area contributed by atoms with Crippen LogP contribution in [0, 0.1) is 0 Å². The summed E-state index contributed by atoms with van der Waals surface area (Å²) < 4.78 is 0. The molecule has 2 aromatic carbocycles. The number of halogens is 2. The topological polar surface area (TPSA) is 35.6 Å². The summed E-state index contributed by atoms with van der Waals surface area (Å²) in [5.41, 5.74) is 2.69. The Hall–Kier alpha value is -2.01. The molecule has 0 atom stereocenters. The van der Waals surface area contributed by atoms with Crippen molar-refractivity contribution in [1.29, 1.82) is 0 Å². The summed E-state index contributed by atoms with van der Waals surface area (Å²) in [6.45, 7) is 4.17. The van der Waals surface area contributed by atoms with E-state index < -0.39 is 0 Å². The van der Waals surface area contributed by atoms with Crippen LogP contribution < -0.4 is 10.2 Å². The zero-order valence-corrected chi connectivity index (χ0v) is 16.1. The molecule has 4 nitrogen and oxygen atoms in total. The van der Waals surface area contributed by atoms with E-state index in [1.807, 2.05) is 24.3 Å². The molecule has 1 amide bonds. The molecule has 136 valence electrons. The Morgan fingerprint density at radius 3 is 2.38 bits per heavy atom. The average Bonchev–Trinajstić information content (AvgIpc) is 2.62. The fourth-order valence-electron chi connectivity index (χ4n) is 2.81. The van der Waals surface area contributed by atoms with Gasteiger partial charge in [-0.3, -0.25) is 4.79 Å². The smallest absolute Gasteiger partial charge is 0.248 e. The maximum Gasteiger partial charge on any atom is 0.248 e. The van der Waals surface area contributed by atoms with Gasteiger partial charge in [-0.25, -0.2) is 0 Å². The number of anilines is 2. The summed E-state index contributed by atoms with van der Waals surface area (Å²) in [7, 11) is 2.14. The summed E-state index contributed by atoms with van der Waals surface area (Å²) in [5.74, 6) is -0.205. The van der Waals surface area contributed by atoms with Crippen LogP contribution in [0.1, 0.15) is 5.56 Å². The number of hydrogen-bond acceptors (Lipinski definition) is 3. The van der Waals surface area contributed by atoms with Crippen molar-refractivity contribution in [3.63, 3.8) is 0 Å². The molecule has 1 N–H and O–H groups in total. The lowest BCUT2D eigenvalue weighted by molar-refractivity contribution is -0.111. The Morgan fingerprint density at radius 2 is 1.73 bits per heavy atom. The number of nitrogens with zero attached hydrogens (tertiary/aromatic N) is 2. The van der Waals surface area contributed by atoms with Crippen LogP contribution in [0.3, 0.4) is 0 Å². The lowest BCUT2D eigenvalue weighted by Crippen LogP contribution is -2.44. The molecular weight excluding hydrogens is 369 g/mol. The Labute approximate surface area is 164 Å². The molecule has 1 aliphatic heterocycles. The summed E-state index contributed by atoms with van der Waals surface area (Å²) >= 11 is 12.0. The van der Waals surface area contributed by atoms with Crippen molar-refractivity contribution >= 4 is 46.6 Å². The molecule has 1 heterocycles. The van der Waals surface area contributed by atoms with Crippen molar-refractivity contribution in [1.82, 2.24) is 4.90 Å². The van der Waals surface area contributed by atoms with Crippen LogP contribution in [0.4, 0.5) is 11.4 Å². The van der Waals surface area contributed by atoms with Gasteiger partial charge in [-0.2, -0.15) is 0 Å². The van der Waals surface area contributed by atoms with Gasteiger partial charge in [0, 0.05) is 53.7 Å². The normalized spacial score (nSPS) is 15.4. The molecule has 0 aliphatic carbocycles. The minimum absolute atomic E-state index is 0.205. The Bertz CT molecular complexity index is 797. The number of rotatable bonds is 4. The number of likely N-dealkylation sites (N-methyl/N-ethyl adjacent to an activating group) is 1. The standard InChI is InChI=1S/C20H21Cl2N3O/c1-24-10-12-25(13-11-24)18-7-5-17(6-8-18)23-20(26)9-3-15-2-4-16(21)14-19(15)22/h2-9,14H,10-13H2,1H3,(H,23,26)/b9-3+. The van der Waals surface area contributed by atoms with Crippen LogP contribution in [0.5, 0.6) is 0 Å². The predicted octanol–water partition coefficient (Wildman–Crippen LogP) is 4.40. The first-order valence-corrected chi connectivity index (χ1v) is 9.24. The van der Waals surface area contributed by atoms with Crippen LogP contribution in [-0.2, 0) is 4.79 Å². The average molecular weight is 390 g/mol. The zero-order chi connectivity index (χ0) is 18.5. The van der Waals surface area contributed by atoms with Crippen LogP contribution in [-0.4, -0.2) is 44.0 Å². The van der Waals surface area contributed by atoms with Gasteiger partial charge in [0.2, 0.25) is 5.91 Å². The molecule has 0 saturated carbocycles. The van der Waals surface area contributed by atoms with Gasteiger partial charge in [0.1, 0.15) is 0 Å². The lowest BCUT2D eigenvalue weighted by atomic mass is 10.2. The van der Waals surface area contributed by atoms with Gasteiger partial charge in [0.15, 0.2) is 0 Å². The van der Waals surface area contributed by atoms with E-state index >= 15 is 0 Å². The van der Waals surface area contributed by atoms with E-state index in [0.29, 0.717) is 10.0 Å². The highest BCUT2D eigenvalue weighted by Gasteiger charge is 2.14. The largest absolute Gasteiger partial charge is 0.369 e. The van der Waals surface area contributed by atoms with Gasteiger partial charge in [0.05, 0.1) is 0 Å². The third kappa shape index (κ3) is 5.01. The van der Waals surface area contributed by atoms with E-state index in [0.717, 1.165) is 37.4 Å². The quantitative estimate of drug-likeness (QED) is 0.787. The number of piperazine rings is 1. The molecule has 0 unspecified atom stereocenters. The molecular formula is C20H21Cl2N3O. The number of benzene rings is 2. The Balaban J connectivity index is 1.58. The monoisotopic (exact) mass is 389 g/mol. The molecule has 26 heavy (non-hydrogen) atoms. The maximum atomic E-state index is 12.1. The summed E-state index contributed by atoms with van der Waals surface area (Å²) in [6.07, 6.45) is 3.14. The highest BCUT2D eigenvalue weighted by atomic mass is 35.5. The van der Waals surface area contributed by atoms with Crippen LogP contribution in [0.15, 0.2) is 48.5 Å². The van der Waals surface area contributed by atoms with Gasteiger partial charge in [-0.1, -0.05) is 29.3 Å². The van der Waals surface area contributed by atoms with Gasteiger partial charge in [0.25, 0.3) is 0 Å². The second-order valence-electron chi connectivity index (χ2n) is 6.33. The highest BCUT2D eigenvalue weighted by Crippen LogP contribution is 2.22. The summed E-state index contributed by atoms with van der Waals surface area (Å²) in [6, 6.07) is 13.1. The van der Waals surface area contributed by atoms with Crippen molar-refractivity contribution in [3.8, 4) is 0 Å². The van der Waals surface area contributed by atoms with Gasteiger partial charge in [-0.05, 0) is 55.1 Å². The molecule has 1 saturated heterocycles. The maximum absolute atomic E-state index is 12.1. The number of amides is 1. The first-order chi connectivity index (χ1) is 12.5. The van der Waals surface area contributed by atoms with E-state index in [2.05, 4.69) is 22.2 Å². The SMILES string of the molecule is CN1CCN(c2ccc(NC(=O)/C=C/c3ccc(Cl)cc3Cl)cc2)CC1. The summed E-state index contributed by atoms with van der Waals surface area (Å²) in [5, 5.41) is 3.94. The third-order valence-corrected chi connectivity index (χ3v) is 4.94. The summed E-state index contributed by atoms with van der Waals surface area (Å²) in [4.78, 5) is 16.8. The number of nitrogens with one attached hydrogen (secondary N) is 1. The highest BCUT2D eigenvalue weighted by molar-refractivity contribution is 6.35. The van der Waals surface area contributed by atoms with E-state index in [1.165, 1.54) is 11.8 Å². The molecule has 1 aliphatic rings. The first-order valence-electron chi connectivity index (χ1n) is 8.49. The lowest BCUT2D eigenvalue weighted by Gasteiger charge is -2.34. The van der Waals surface area contributed by atoms with Gasteiger partial charge in [-0.15, -0.1) is 0 Å². The molecule has 0 aromatic heterocycles. The second-order valence-corrected chi connectivity index (χ2v) is 7.17. The molecule has 6 heteroatoms.